The second-order valence-corrected chi connectivity index (χ2v) is 5.13. The highest BCUT2D eigenvalue weighted by Gasteiger charge is 2.15. The van der Waals surface area contributed by atoms with Gasteiger partial charge in [0.15, 0.2) is 0 Å². The van der Waals surface area contributed by atoms with E-state index in [0.717, 1.165) is 25.9 Å². The molecule has 1 aliphatic heterocycles. The van der Waals surface area contributed by atoms with Crippen molar-refractivity contribution in [1.29, 1.82) is 0 Å². The predicted octanol–water partition coefficient (Wildman–Crippen LogP) is 2.61. The van der Waals surface area contributed by atoms with Crippen LogP contribution >= 0.6 is 0 Å². The van der Waals surface area contributed by atoms with Crippen molar-refractivity contribution in [1.82, 2.24) is 10.6 Å². The van der Waals surface area contributed by atoms with E-state index < -0.39 is 0 Å². The Morgan fingerprint density at radius 1 is 1.18 bits per heavy atom. The highest BCUT2D eigenvalue weighted by atomic mass is 16.1. The molecule has 3 nitrogen and oxygen atoms in total. The number of hydrogen-bond donors (Lipinski definition) is 2. The van der Waals surface area contributed by atoms with Crippen molar-refractivity contribution in [3.63, 3.8) is 0 Å². The minimum absolute atomic E-state index is 0.243. The van der Waals surface area contributed by atoms with Crippen molar-refractivity contribution in [3.8, 4) is 0 Å². The zero-order valence-corrected chi connectivity index (χ0v) is 11.3. The summed E-state index contributed by atoms with van der Waals surface area (Å²) in [6.45, 7) is 4.23. The summed E-state index contributed by atoms with van der Waals surface area (Å²) in [4.78, 5) is 11.6. The summed E-state index contributed by atoms with van der Waals surface area (Å²) in [5, 5.41) is 6.35. The molecule has 100 valence electrons. The Morgan fingerprint density at radius 2 is 1.88 bits per heavy atom. The van der Waals surface area contributed by atoms with Crippen LogP contribution in [0.4, 0.5) is 0 Å². The Balaban J connectivity index is 1.86. The molecule has 0 spiro atoms. The lowest BCUT2D eigenvalue weighted by Gasteiger charge is -2.10. The fourth-order valence-corrected chi connectivity index (χ4v) is 2.32. The molecule has 1 heterocycles. The van der Waals surface area contributed by atoms with E-state index in [0.29, 0.717) is 12.5 Å². The van der Waals surface area contributed by atoms with Crippen molar-refractivity contribution in [2.75, 3.05) is 13.1 Å². The van der Waals surface area contributed by atoms with Crippen LogP contribution in [-0.4, -0.2) is 25.0 Å². The van der Waals surface area contributed by atoms with E-state index in [1.165, 1.54) is 38.5 Å². The third kappa shape index (κ3) is 7.37. The van der Waals surface area contributed by atoms with Crippen LogP contribution in [0.25, 0.3) is 0 Å². The number of nitrogens with one attached hydrogen (secondary N) is 2. The minimum Gasteiger partial charge on any atom is -0.352 e. The van der Waals surface area contributed by atoms with Gasteiger partial charge in [0.2, 0.25) is 5.91 Å². The van der Waals surface area contributed by atoms with E-state index in [1.807, 2.05) is 0 Å². The van der Waals surface area contributed by atoms with Gasteiger partial charge in [0.25, 0.3) is 0 Å². The van der Waals surface area contributed by atoms with Crippen LogP contribution in [0.1, 0.15) is 64.7 Å². The van der Waals surface area contributed by atoms with Gasteiger partial charge in [0.05, 0.1) is 0 Å². The number of carbonyl (C=O) groups is 1. The first kappa shape index (κ1) is 14.5. The quantitative estimate of drug-likeness (QED) is 0.608. The first-order chi connectivity index (χ1) is 8.33. The van der Waals surface area contributed by atoms with Gasteiger partial charge in [-0.25, -0.2) is 0 Å². The van der Waals surface area contributed by atoms with Crippen molar-refractivity contribution < 1.29 is 4.79 Å². The Bertz CT molecular complexity index is 200. The number of rotatable bonds is 9. The lowest BCUT2D eigenvalue weighted by molar-refractivity contribution is -0.121. The Labute approximate surface area is 106 Å². The topological polar surface area (TPSA) is 41.1 Å². The Kier molecular flexibility index (Phi) is 8.06. The SMILES string of the molecule is CCCCCCCCCC(=O)N[C@H]1CCNC1. The van der Waals surface area contributed by atoms with Gasteiger partial charge >= 0.3 is 0 Å². The normalized spacial score (nSPS) is 19.5. The first-order valence-corrected chi connectivity index (χ1v) is 7.33. The van der Waals surface area contributed by atoms with E-state index in [4.69, 9.17) is 0 Å². The molecule has 3 heteroatoms. The third-order valence-electron chi connectivity index (χ3n) is 3.43. The lowest BCUT2D eigenvalue weighted by Crippen LogP contribution is -2.35. The van der Waals surface area contributed by atoms with E-state index in [1.54, 1.807) is 0 Å². The van der Waals surface area contributed by atoms with Crippen molar-refractivity contribution in [2.45, 2.75) is 70.8 Å². The highest BCUT2D eigenvalue weighted by Crippen LogP contribution is 2.08. The van der Waals surface area contributed by atoms with E-state index in [-0.39, 0.29) is 5.91 Å². The molecule has 0 aromatic rings. The third-order valence-corrected chi connectivity index (χ3v) is 3.43. The summed E-state index contributed by atoms with van der Waals surface area (Å²) >= 11 is 0. The largest absolute Gasteiger partial charge is 0.352 e. The molecule has 0 radical (unpaired) electrons. The fourth-order valence-electron chi connectivity index (χ4n) is 2.32. The molecule has 17 heavy (non-hydrogen) atoms. The van der Waals surface area contributed by atoms with Gasteiger partial charge in [-0.3, -0.25) is 4.79 Å². The first-order valence-electron chi connectivity index (χ1n) is 7.33. The second-order valence-electron chi connectivity index (χ2n) is 5.13. The maximum atomic E-state index is 11.6. The van der Waals surface area contributed by atoms with Crippen LogP contribution < -0.4 is 10.6 Å². The standard InChI is InChI=1S/C14H28N2O/c1-2-3-4-5-6-7-8-9-14(17)16-13-10-11-15-12-13/h13,15H,2-12H2,1H3,(H,16,17)/t13-/m0/s1. The molecule has 0 aromatic carbocycles. The predicted molar refractivity (Wildman–Crippen MR) is 72.0 cm³/mol. The molecule has 1 fully saturated rings. The highest BCUT2D eigenvalue weighted by molar-refractivity contribution is 5.76. The maximum absolute atomic E-state index is 11.6. The molecule has 1 atom stereocenters. The van der Waals surface area contributed by atoms with Gasteiger partial charge in [-0.2, -0.15) is 0 Å². The zero-order chi connectivity index (χ0) is 12.3. The van der Waals surface area contributed by atoms with Crippen molar-refractivity contribution in [3.05, 3.63) is 0 Å². The van der Waals surface area contributed by atoms with Crippen LogP contribution in [0.15, 0.2) is 0 Å². The molecule has 2 N–H and O–H groups in total. The van der Waals surface area contributed by atoms with Crippen LogP contribution in [0.3, 0.4) is 0 Å². The number of hydrogen-bond acceptors (Lipinski definition) is 2. The lowest BCUT2D eigenvalue weighted by atomic mass is 10.1. The maximum Gasteiger partial charge on any atom is 0.220 e. The molecular weight excluding hydrogens is 212 g/mol. The molecule has 1 saturated heterocycles. The average Bonchev–Trinajstić information content (AvgIpc) is 2.80. The summed E-state index contributed by atoms with van der Waals surface area (Å²) in [6, 6.07) is 0.382. The van der Waals surface area contributed by atoms with Gasteiger partial charge in [0, 0.05) is 19.0 Å². The zero-order valence-electron chi connectivity index (χ0n) is 11.3. The summed E-state index contributed by atoms with van der Waals surface area (Å²) in [5.74, 6) is 0.243. The van der Waals surface area contributed by atoms with Gasteiger partial charge in [-0.1, -0.05) is 45.4 Å². The summed E-state index contributed by atoms with van der Waals surface area (Å²) in [5.41, 5.74) is 0. The summed E-state index contributed by atoms with van der Waals surface area (Å²) in [6.07, 6.45) is 10.7. The van der Waals surface area contributed by atoms with E-state index in [2.05, 4.69) is 17.6 Å². The number of unbranched alkanes of at least 4 members (excludes halogenated alkanes) is 6. The van der Waals surface area contributed by atoms with Crippen LogP contribution in [-0.2, 0) is 4.79 Å². The van der Waals surface area contributed by atoms with Crippen molar-refractivity contribution >= 4 is 5.91 Å². The van der Waals surface area contributed by atoms with Gasteiger partial charge in [-0.05, 0) is 19.4 Å². The summed E-state index contributed by atoms with van der Waals surface area (Å²) < 4.78 is 0. The van der Waals surface area contributed by atoms with Gasteiger partial charge in [0.1, 0.15) is 0 Å². The number of carbonyl (C=O) groups excluding carboxylic acids is 1. The molecular formula is C14H28N2O. The number of amides is 1. The molecule has 0 aliphatic carbocycles. The van der Waals surface area contributed by atoms with Crippen LogP contribution in [0.2, 0.25) is 0 Å². The van der Waals surface area contributed by atoms with Crippen molar-refractivity contribution in [2.24, 2.45) is 0 Å². The molecule has 1 amide bonds. The smallest absolute Gasteiger partial charge is 0.220 e. The molecule has 0 aromatic heterocycles. The van der Waals surface area contributed by atoms with Crippen LogP contribution in [0.5, 0.6) is 0 Å². The van der Waals surface area contributed by atoms with E-state index in [9.17, 15) is 4.79 Å². The average molecular weight is 240 g/mol. The van der Waals surface area contributed by atoms with E-state index >= 15 is 0 Å². The Morgan fingerprint density at radius 3 is 2.53 bits per heavy atom. The second kappa shape index (κ2) is 9.46. The minimum atomic E-state index is 0.243. The molecule has 1 rings (SSSR count). The fraction of sp³-hybridized carbons (Fsp3) is 0.929. The molecule has 1 aliphatic rings. The molecule has 0 unspecified atom stereocenters. The Hall–Kier alpha value is -0.570. The summed E-state index contributed by atoms with van der Waals surface area (Å²) in [7, 11) is 0. The van der Waals surface area contributed by atoms with Crippen LogP contribution in [0, 0.1) is 0 Å². The monoisotopic (exact) mass is 240 g/mol. The molecule has 0 saturated carbocycles. The van der Waals surface area contributed by atoms with Gasteiger partial charge in [-0.15, -0.1) is 0 Å². The van der Waals surface area contributed by atoms with Gasteiger partial charge < -0.3 is 10.6 Å². The molecule has 0 bridgehead atoms.